The standard InChI is InChI=1S/C17H27ClN2/c1-2-3-4-5-14-6-8-15(9-7-14)10-11-16-12-19-17(18)20-13-16/h12-15H,2-11H2,1H3/t14-,15-. The molecule has 3 heteroatoms. The van der Waals surface area contributed by atoms with Crippen molar-refractivity contribution in [1.29, 1.82) is 0 Å². The van der Waals surface area contributed by atoms with Crippen molar-refractivity contribution in [2.24, 2.45) is 11.8 Å². The van der Waals surface area contributed by atoms with E-state index in [-0.39, 0.29) is 0 Å². The van der Waals surface area contributed by atoms with Crippen LogP contribution in [0.25, 0.3) is 0 Å². The number of hydrogen-bond donors (Lipinski definition) is 0. The van der Waals surface area contributed by atoms with Crippen molar-refractivity contribution < 1.29 is 0 Å². The number of aromatic nitrogens is 2. The molecule has 0 atom stereocenters. The third kappa shape index (κ3) is 5.40. The highest BCUT2D eigenvalue weighted by atomic mass is 35.5. The zero-order valence-electron chi connectivity index (χ0n) is 12.7. The number of aryl methyl sites for hydroxylation is 1. The van der Waals surface area contributed by atoms with Crippen LogP contribution in [0.5, 0.6) is 0 Å². The molecule has 112 valence electrons. The van der Waals surface area contributed by atoms with Crippen molar-refractivity contribution in [1.82, 2.24) is 9.97 Å². The molecule has 1 aliphatic carbocycles. The van der Waals surface area contributed by atoms with E-state index in [2.05, 4.69) is 16.9 Å². The molecule has 0 spiro atoms. The Hall–Kier alpha value is -0.630. The van der Waals surface area contributed by atoms with Crippen LogP contribution < -0.4 is 0 Å². The summed E-state index contributed by atoms with van der Waals surface area (Å²) in [4.78, 5) is 8.10. The third-order valence-electron chi connectivity index (χ3n) is 4.70. The van der Waals surface area contributed by atoms with Crippen molar-refractivity contribution in [2.75, 3.05) is 0 Å². The van der Waals surface area contributed by atoms with Gasteiger partial charge in [-0.05, 0) is 41.8 Å². The van der Waals surface area contributed by atoms with Gasteiger partial charge in [-0.15, -0.1) is 0 Å². The lowest BCUT2D eigenvalue weighted by Gasteiger charge is -2.28. The van der Waals surface area contributed by atoms with Crippen LogP contribution in [-0.2, 0) is 6.42 Å². The second kappa shape index (κ2) is 8.61. The molecule has 1 aromatic heterocycles. The Morgan fingerprint density at radius 1 is 1.00 bits per heavy atom. The van der Waals surface area contributed by atoms with Crippen LogP contribution in [0.3, 0.4) is 0 Å². The summed E-state index contributed by atoms with van der Waals surface area (Å²) >= 11 is 5.71. The quantitative estimate of drug-likeness (QED) is 0.493. The minimum atomic E-state index is 0.348. The molecule has 1 heterocycles. The molecule has 0 unspecified atom stereocenters. The average molecular weight is 295 g/mol. The molecule has 0 amide bonds. The van der Waals surface area contributed by atoms with Crippen LogP contribution in [0.1, 0.15) is 70.3 Å². The monoisotopic (exact) mass is 294 g/mol. The van der Waals surface area contributed by atoms with Gasteiger partial charge in [-0.1, -0.05) is 58.3 Å². The van der Waals surface area contributed by atoms with Gasteiger partial charge in [0.15, 0.2) is 0 Å². The SMILES string of the molecule is CCCCC[C@H]1CC[C@H](CCc2cnc(Cl)nc2)CC1. The lowest BCUT2D eigenvalue weighted by atomic mass is 9.78. The molecule has 20 heavy (non-hydrogen) atoms. The Balaban J connectivity index is 1.63. The third-order valence-corrected chi connectivity index (χ3v) is 4.89. The van der Waals surface area contributed by atoms with Gasteiger partial charge in [0.1, 0.15) is 0 Å². The number of rotatable bonds is 7. The maximum Gasteiger partial charge on any atom is 0.222 e. The molecule has 0 N–H and O–H groups in total. The molecule has 0 saturated heterocycles. The van der Waals surface area contributed by atoms with Gasteiger partial charge >= 0.3 is 0 Å². The van der Waals surface area contributed by atoms with Gasteiger partial charge in [0.25, 0.3) is 0 Å². The second-order valence-electron chi connectivity index (χ2n) is 6.28. The fourth-order valence-electron chi connectivity index (χ4n) is 3.33. The van der Waals surface area contributed by atoms with Gasteiger partial charge in [-0.25, -0.2) is 9.97 Å². The van der Waals surface area contributed by atoms with Crippen LogP contribution in [-0.4, -0.2) is 9.97 Å². The minimum Gasteiger partial charge on any atom is -0.226 e. The van der Waals surface area contributed by atoms with E-state index in [1.165, 1.54) is 63.4 Å². The van der Waals surface area contributed by atoms with Gasteiger partial charge in [0.05, 0.1) is 0 Å². The summed E-state index contributed by atoms with van der Waals surface area (Å²) in [5.41, 5.74) is 1.22. The Labute approximate surface area is 128 Å². The summed E-state index contributed by atoms with van der Waals surface area (Å²) in [6.45, 7) is 2.29. The van der Waals surface area contributed by atoms with Gasteiger partial charge < -0.3 is 0 Å². The highest BCUT2D eigenvalue weighted by Gasteiger charge is 2.20. The first-order chi connectivity index (χ1) is 9.78. The van der Waals surface area contributed by atoms with Crippen molar-refractivity contribution in [3.63, 3.8) is 0 Å². The molecule has 0 bridgehead atoms. The molecular formula is C17H27ClN2. The van der Waals surface area contributed by atoms with Crippen molar-refractivity contribution >= 4 is 11.6 Å². The molecule has 0 aliphatic heterocycles. The first-order valence-corrected chi connectivity index (χ1v) is 8.62. The number of unbranched alkanes of at least 4 members (excludes halogenated alkanes) is 2. The van der Waals surface area contributed by atoms with Crippen LogP contribution in [0.2, 0.25) is 5.28 Å². The molecule has 2 rings (SSSR count). The number of hydrogen-bond acceptors (Lipinski definition) is 2. The largest absolute Gasteiger partial charge is 0.226 e. The molecule has 0 aromatic carbocycles. The Kier molecular flexibility index (Phi) is 6.78. The molecule has 2 nitrogen and oxygen atoms in total. The maximum absolute atomic E-state index is 5.71. The van der Waals surface area contributed by atoms with Gasteiger partial charge in [0.2, 0.25) is 5.28 Å². The highest BCUT2D eigenvalue weighted by Crippen LogP contribution is 2.34. The van der Waals surface area contributed by atoms with Gasteiger partial charge in [0, 0.05) is 12.4 Å². The van der Waals surface area contributed by atoms with Crippen molar-refractivity contribution in [3.05, 3.63) is 23.2 Å². The van der Waals surface area contributed by atoms with E-state index in [9.17, 15) is 0 Å². The van der Waals surface area contributed by atoms with Crippen molar-refractivity contribution in [3.8, 4) is 0 Å². The van der Waals surface area contributed by atoms with Crippen LogP contribution in [0.4, 0.5) is 0 Å². The number of halogens is 1. The topological polar surface area (TPSA) is 25.8 Å². The molecule has 1 fully saturated rings. The average Bonchev–Trinajstić information content (AvgIpc) is 2.48. The Bertz CT molecular complexity index is 369. The van der Waals surface area contributed by atoms with E-state index in [4.69, 9.17) is 11.6 Å². The summed E-state index contributed by atoms with van der Waals surface area (Å²) in [6.07, 6.45) is 17.5. The first-order valence-electron chi connectivity index (χ1n) is 8.24. The van der Waals surface area contributed by atoms with Crippen molar-refractivity contribution in [2.45, 2.75) is 71.1 Å². The Morgan fingerprint density at radius 3 is 2.20 bits per heavy atom. The lowest BCUT2D eigenvalue weighted by molar-refractivity contribution is 0.249. The predicted molar refractivity (Wildman–Crippen MR) is 85.0 cm³/mol. The van der Waals surface area contributed by atoms with E-state index in [1.54, 1.807) is 0 Å². The summed E-state index contributed by atoms with van der Waals surface area (Å²) in [5.74, 6) is 1.92. The number of nitrogens with zero attached hydrogens (tertiary/aromatic N) is 2. The molecule has 1 aromatic rings. The van der Waals surface area contributed by atoms with Crippen LogP contribution in [0, 0.1) is 11.8 Å². The first kappa shape index (κ1) is 15.8. The lowest BCUT2D eigenvalue weighted by Crippen LogP contribution is -2.15. The smallest absolute Gasteiger partial charge is 0.222 e. The van der Waals surface area contributed by atoms with E-state index >= 15 is 0 Å². The minimum absolute atomic E-state index is 0.348. The van der Waals surface area contributed by atoms with E-state index in [0.29, 0.717) is 5.28 Å². The fourth-order valence-corrected chi connectivity index (χ4v) is 3.43. The van der Waals surface area contributed by atoms with Crippen LogP contribution >= 0.6 is 11.6 Å². The van der Waals surface area contributed by atoms with Gasteiger partial charge in [-0.3, -0.25) is 0 Å². The zero-order valence-corrected chi connectivity index (χ0v) is 13.4. The Morgan fingerprint density at radius 2 is 1.60 bits per heavy atom. The summed E-state index contributed by atoms with van der Waals surface area (Å²) in [5, 5.41) is 0.348. The summed E-state index contributed by atoms with van der Waals surface area (Å²) in [6, 6.07) is 0. The van der Waals surface area contributed by atoms with E-state index < -0.39 is 0 Å². The van der Waals surface area contributed by atoms with Gasteiger partial charge in [-0.2, -0.15) is 0 Å². The molecule has 0 radical (unpaired) electrons. The zero-order chi connectivity index (χ0) is 14.2. The molecular weight excluding hydrogens is 268 g/mol. The van der Waals surface area contributed by atoms with Crippen LogP contribution in [0.15, 0.2) is 12.4 Å². The predicted octanol–water partition coefficient (Wildman–Crippen LogP) is 5.45. The summed E-state index contributed by atoms with van der Waals surface area (Å²) < 4.78 is 0. The van der Waals surface area contributed by atoms with E-state index in [1.807, 2.05) is 12.4 Å². The fraction of sp³-hybridized carbons (Fsp3) is 0.765. The maximum atomic E-state index is 5.71. The van der Waals surface area contributed by atoms with E-state index in [0.717, 1.165) is 18.3 Å². The second-order valence-corrected chi connectivity index (χ2v) is 6.62. The molecule has 1 saturated carbocycles. The highest BCUT2D eigenvalue weighted by molar-refractivity contribution is 6.28. The summed E-state index contributed by atoms with van der Waals surface area (Å²) in [7, 11) is 0. The molecule has 1 aliphatic rings. The normalized spacial score (nSPS) is 22.9.